The van der Waals surface area contributed by atoms with Gasteiger partial charge in [-0.3, -0.25) is 9.59 Å². The molecule has 0 atom stereocenters. The second kappa shape index (κ2) is 8.48. The lowest BCUT2D eigenvalue weighted by Gasteiger charge is -2.05. The van der Waals surface area contributed by atoms with Gasteiger partial charge in [-0.05, 0) is 25.0 Å². The van der Waals surface area contributed by atoms with Crippen LogP contribution in [0.5, 0.6) is 0 Å². The Morgan fingerprint density at radius 2 is 2.16 bits per heavy atom. The summed E-state index contributed by atoms with van der Waals surface area (Å²) in [6, 6.07) is 3.13. The number of ether oxygens (including phenoxy) is 1. The lowest BCUT2D eigenvalue weighted by Crippen LogP contribution is -2.24. The molecule has 5 nitrogen and oxygen atoms in total. The monoisotopic (exact) mass is 284 g/mol. The van der Waals surface area contributed by atoms with E-state index in [2.05, 4.69) is 15.0 Å². The molecule has 0 aliphatic carbocycles. The smallest absolute Gasteiger partial charge is 0.305 e. The zero-order valence-electron chi connectivity index (χ0n) is 10.8. The van der Waals surface area contributed by atoms with E-state index < -0.39 is 0 Å². The van der Waals surface area contributed by atoms with Crippen molar-refractivity contribution in [2.24, 2.45) is 0 Å². The number of halogens is 1. The molecule has 0 aliphatic heterocycles. The second-order valence-corrected chi connectivity index (χ2v) is 4.40. The van der Waals surface area contributed by atoms with E-state index in [-0.39, 0.29) is 11.9 Å². The van der Waals surface area contributed by atoms with Crippen molar-refractivity contribution in [2.45, 2.75) is 25.7 Å². The molecule has 6 heteroatoms. The molecule has 0 aliphatic rings. The number of unbranched alkanes of at least 4 members (excludes halogenated alkanes) is 2. The first kappa shape index (κ1) is 15.4. The Bertz CT molecular complexity index is 438. The lowest BCUT2D eigenvalue weighted by molar-refractivity contribution is -0.140. The normalized spacial score (nSPS) is 10.0. The van der Waals surface area contributed by atoms with E-state index in [1.807, 2.05) is 0 Å². The van der Waals surface area contributed by atoms with Gasteiger partial charge in [-0.15, -0.1) is 0 Å². The van der Waals surface area contributed by atoms with Crippen molar-refractivity contribution < 1.29 is 14.3 Å². The van der Waals surface area contributed by atoms with Gasteiger partial charge in [0.15, 0.2) is 0 Å². The number of aromatic nitrogens is 1. The fraction of sp³-hybridized carbons (Fsp3) is 0.462. The van der Waals surface area contributed by atoms with Crippen LogP contribution in [0, 0.1) is 0 Å². The number of hydrogen-bond acceptors (Lipinski definition) is 4. The van der Waals surface area contributed by atoms with Gasteiger partial charge < -0.3 is 10.1 Å². The second-order valence-electron chi connectivity index (χ2n) is 4.01. The molecule has 0 saturated heterocycles. The number of carbonyl (C=O) groups is 2. The Kier molecular flexibility index (Phi) is 6.89. The molecule has 1 rings (SSSR count). The average Bonchev–Trinajstić information content (AvgIpc) is 2.42. The van der Waals surface area contributed by atoms with Crippen molar-refractivity contribution in [1.82, 2.24) is 10.3 Å². The first-order chi connectivity index (χ1) is 9.13. The summed E-state index contributed by atoms with van der Waals surface area (Å²) in [6.45, 7) is 0.569. The van der Waals surface area contributed by atoms with E-state index in [0.29, 0.717) is 23.7 Å². The van der Waals surface area contributed by atoms with Crippen LogP contribution < -0.4 is 5.32 Å². The highest BCUT2D eigenvalue weighted by Crippen LogP contribution is 2.07. The van der Waals surface area contributed by atoms with Crippen LogP contribution in [0.2, 0.25) is 5.15 Å². The predicted molar refractivity (Wildman–Crippen MR) is 72.1 cm³/mol. The maximum atomic E-state index is 11.7. The molecule has 1 heterocycles. The Morgan fingerprint density at radius 1 is 1.37 bits per heavy atom. The number of esters is 1. The minimum absolute atomic E-state index is 0.169. The van der Waals surface area contributed by atoms with Crippen LogP contribution >= 0.6 is 11.6 Å². The minimum Gasteiger partial charge on any atom is -0.469 e. The van der Waals surface area contributed by atoms with E-state index in [0.717, 1.165) is 19.3 Å². The summed E-state index contributed by atoms with van der Waals surface area (Å²) in [6.07, 6.45) is 4.37. The molecule has 104 valence electrons. The predicted octanol–water partition coefficient (Wildman–Crippen LogP) is 2.20. The quantitative estimate of drug-likeness (QED) is 0.473. The number of methoxy groups -OCH3 is 1. The van der Waals surface area contributed by atoms with Crippen molar-refractivity contribution in [3.8, 4) is 0 Å². The topological polar surface area (TPSA) is 68.3 Å². The Labute approximate surface area is 117 Å². The Balaban J connectivity index is 2.16. The third-order valence-corrected chi connectivity index (χ3v) is 2.77. The third kappa shape index (κ3) is 6.20. The van der Waals surface area contributed by atoms with E-state index in [4.69, 9.17) is 11.6 Å². The standard InChI is InChI=1S/C13H17ClN2O3/c1-19-12(17)5-3-2-4-7-16-13(18)10-6-8-15-11(14)9-10/h6,8-9H,2-5,7H2,1H3,(H,16,18). The van der Waals surface area contributed by atoms with Gasteiger partial charge in [0.1, 0.15) is 5.15 Å². The van der Waals surface area contributed by atoms with E-state index >= 15 is 0 Å². The van der Waals surface area contributed by atoms with Gasteiger partial charge in [0, 0.05) is 24.7 Å². The molecule has 0 unspecified atom stereocenters. The van der Waals surface area contributed by atoms with E-state index in [9.17, 15) is 9.59 Å². The molecule has 1 aromatic heterocycles. The van der Waals surface area contributed by atoms with Crippen LogP contribution in [0.1, 0.15) is 36.0 Å². The van der Waals surface area contributed by atoms with Gasteiger partial charge >= 0.3 is 5.97 Å². The van der Waals surface area contributed by atoms with Gasteiger partial charge in [-0.25, -0.2) is 4.98 Å². The summed E-state index contributed by atoms with van der Waals surface area (Å²) < 4.78 is 4.54. The summed E-state index contributed by atoms with van der Waals surface area (Å²) in [5.41, 5.74) is 0.495. The average molecular weight is 285 g/mol. The number of nitrogens with zero attached hydrogens (tertiary/aromatic N) is 1. The van der Waals surface area contributed by atoms with Crippen LogP contribution in [0.4, 0.5) is 0 Å². The maximum absolute atomic E-state index is 11.7. The molecular weight excluding hydrogens is 268 g/mol. The molecule has 1 aromatic rings. The van der Waals surface area contributed by atoms with E-state index in [1.54, 1.807) is 6.07 Å². The maximum Gasteiger partial charge on any atom is 0.305 e. The summed E-state index contributed by atoms with van der Waals surface area (Å²) >= 11 is 5.70. The lowest BCUT2D eigenvalue weighted by atomic mass is 10.2. The number of pyridine rings is 1. The number of rotatable bonds is 7. The van der Waals surface area contributed by atoms with Gasteiger partial charge in [-0.2, -0.15) is 0 Å². The van der Waals surface area contributed by atoms with Crippen LogP contribution in [0.3, 0.4) is 0 Å². The van der Waals surface area contributed by atoms with E-state index in [1.165, 1.54) is 19.4 Å². The summed E-state index contributed by atoms with van der Waals surface area (Å²) in [5.74, 6) is -0.368. The van der Waals surface area contributed by atoms with Crippen LogP contribution in [-0.4, -0.2) is 30.5 Å². The largest absolute Gasteiger partial charge is 0.469 e. The number of nitrogens with one attached hydrogen (secondary N) is 1. The van der Waals surface area contributed by atoms with Crippen LogP contribution in [0.15, 0.2) is 18.3 Å². The summed E-state index contributed by atoms with van der Waals surface area (Å²) in [4.78, 5) is 26.4. The molecule has 0 radical (unpaired) electrons. The molecule has 0 aromatic carbocycles. The van der Waals surface area contributed by atoms with Crippen molar-refractivity contribution in [3.05, 3.63) is 29.0 Å². The SMILES string of the molecule is COC(=O)CCCCCNC(=O)c1ccnc(Cl)c1. The van der Waals surface area contributed by atoms with Gasteiger partial charge in [0.05, 0.1) is 7.11 Å². The zero-order chi connectivity index (χ0) is 14.1. The molecule has 0 spiro atoms. The molecule has 0 bridgehead atoms. The van der Waals surface area contributed by atoms with Crippen molar-refractivity contribution >= 4 is 23.5 Å². The number of carbonyl (C=O) groups excluding carboxylic acids is 2. The molecular formula is C13H17ClN2O3. The first-order valence-electron chi connectivity index (χ1n) is 6.10. The third-order valence-electron chi connectivity index (χ3n) is 2.56. The highest BCUT2D eigenvalue weighted by molar-refractivity contribution is 6.29. The highest BCUT2D eigenvalue weighted by Gasteiger charge is 2.05. The van der Waals surface area contributed by atoms with Gasteiger partial charge in [0.25, 0.3) is 5.91 Å². The zero-order valence-corrected chi connectivity index (χ0v) is 11.6. The fourth-order valence-corrected chi connectivity index (χ4v) is 1.69. The number of hydrogen-bond donors (Lipinski definition) is 1. The van der Waals surface area contributed by atoms with Crippen molar-refractivity contribution in [2.75, 3.05) is 13.7 Å². The Morgan fingerprint density at radius 3 is 2.84 bits per heavy atom. The molecule has 19 heavy (non-hydrogen) atoms. The first-order valence-corrected chi connectivity index (χ1v) is 6.48. The number of amides is 1. The van der Waals surface area contributed by atoms with Crippen molar-refractivity contribution in [1.29, 1.82) is 0 Å². The van der Waals surface area contributed by atoms with Crippen LogP contribution in [-0.2, 0) is 9.53 Å². The summed E-state index contributed by atoms with van der Waals surface area (Å²) in [5, 5.41) is 3.08. The Hall–Kier alpha value is -1.62. The molecule has 1 amide bonds. The van der Waals surface area contributed by atoms with Gasteiger partial charge in [-0.1, -0.05) is 18.0 Å². The highest BCUT2D eigenvalue weighted by atomic mass is 35.5. The van der Waals surface area contributed by atoms with Crippen molar-refractivity contribution in [3.63, 3.8) is 0 Å². The van der Waals surface area contributed by atoms with Crippen LogP contribution in [0.25, 0.3) is 0 Å². The molecule has 0 fully saturated rings. The minimum atomic E-state index is -0.199. The molecule has 1 N–H and O–H groups in total. The summed E-state index contributed by atoms with van der Waals surface area (Å²) in [7, 11) is 1.38. The molecule has 0 saturated carbocycles. The fourth-order valence-electron chi connectivity index (χ4n) is 1.52. The van der Waals surface area contributed by atoms with Gasteiger partial charge in [0.2, 0.25) is 0 Å².